The van der Waals surface area contributed by atoms with Gasteiger partial charge in [-0.15, -0.1) is 0 Å². The van der Waals surface area contributed by atoms with Crippen molar-refractivity contribution in [2.24, 2.45) is 5.92 Å². The summed E-state index contributed by atoms with van der Waals surface area (Å²) in [5.41, 5.74) is 5.47. The third-order valence-corrected chi connectivity index (χ3v) is 4.24. The van der Waals surface area contributed by atoms with E-state index in [2.05, 4.69) is 16.2 Å². The van der Waals surface area contributed by atoms with Crippen molar-refractivity contribution in [1.29, 1.82) is 0 Å². The summed E-state index contributed by atoms with van der Waals surface area (Å²) in [4.78, 5) is 47.4. The van der Waals surface area contributed by atoms with Crippen LogP contribution in [0.15, 0.2) is 48.5 Å². The smallest absolute Gasteiger partial charge is 0.270 e. The van der Waals surface area contributed by atoms with Gasteiger partial charge in [0.1, 0.15) is 6.04 Å². The number of nitrogens with one attached hydrogen (secondary N) is 3. The van der Waals surface area contributed by atoms with Gasteiger partial charge in [0.15, 0.2) is 0 Å². The monoisotopic (exact) mass is 398 g/mol. The summed E-state index contributed by atoms with van der Waals surface area (Å²) in [7, 11) is 0. The number of non-ortho nitro benzene ring substituents is 1. The van der Waals surface area contributed by atoms with E-state index in [0.29, 0.717) is 5.56 Å². The fourth-order valence-electron chi connectivity index (χ4n) is 2.61. The zero-order valence-corrected chi connectivity index (χ0v) is 16.3. The highest BCUT2D eigenvalue weighted by Gasteiger charge is 2.25. The summed E-state index contributed by atoms with van der Waals surface area (Å²) >= 11 is 0. The van der Waals surface area contributed by atoms with Crippen LogP contribution in [-0.4, -0.2) is 28.7 Å². The van der Waals surface area contributed by atoms with E-state index in [1.54, 1.807) is 39.0 Å². The molecule has 29 heavy (non-hydrogen) atoms. The molecule has 2 aromatic carbocycles. The molecule has 0 saturated carbocycles. The molecular weight excluding hydrogens is 376 g/mol. The minimum atomic E-state index is -0.896. The lowest BCUT2D eigenvalue weighted by molar-refractivity contribution is -0.384. The largest absolute Gasteiger partial charge is 0.340 e. The lowest BCUT2D eigenvalue weighted by Gasteiger charge is -2.22. The second kappa shape index (κ2) is 9.45. The number of nitro groups is 1. The van der Waals surface area contributed by atoms with Crippen molar-refractivity contribution >= 4 is 23.4 Å². The van der Waals surface area contributed by atoms with Crippen LogP contribution in [0.1, 0.15) is 40.1 Å². The molecule has 0 aromatic heterocycles. The molecule has 152 valence electrons. The van der Waals surface area contributed by atoms with Gasteiger partial charge in [0.2, 0.25) is 0 Å². The van der Waals surface area contributed by atoms with E-state index in [9.17, 15) is 24.5 Å². The quantitative estimate of drug-likeness (QED) is 0.507. The van der Waals surface area contributed by atoms with Crippen LogP contribution in [-0.2, 0) is 4.79 Å². The van der Waals surface area contributed by atoms with Gasteiger partial charge >= 0.3 is 0 Å². The Labute approximate surface area is 167 Å². The third-order valence-electron chi connectivity index (χ3n) is 4.24. The molecule has 0 aliphatic carbocycles. The predicted octanol–water partition coefficient (Wildman–Crippen LogP) is 2.12. The summed E-state index contributed by atoms with van der Waals surface area (Å²) in [5, 5.41) is 13.5. The molecule has 9 nitrogen and oxygen atoms in total. The first-order chi connectivity index (χ1) is 13.7. The summed E-state index contributed by atoms with van der Waals surface area (Å²) in [6.45, 7) is 5.30. The molecule has 0 aliphatic heterocycles. The van der Waals surface area contributed by atoms with Gasteiger partial charge in [-0.2, -0.15) is 0 Å². The summed E-state index contributed by atoms with van der Waals surface area (Å²) < 4.78 is 0. The molecule has 0 unspecified atom stereocenters. The van der Waals surface area contributed by atoms with Crippen molar-refractivity contribution in [2.75, 3.05) is 0 Å². The van der Waals surface area contributed by atoms with Gasteiger partial charge in [-0.1, -0.05) is 38.1 Å². The predicted molar refractivity (Wildman–Crippen MR) is 106 cm³/mol. The Kier molecular flexibility index (Phi) is 7.02. The van der Waals surface area contributed by atoms with Crippen LogP contribution in [0.2, 0.25) is 0 Å². The van der Waals surface area contributed by atoms with Crippen LogP contribution < -0.4 is 16.2 Å². The van der Waals surface area contributed by atoms with E-state index < -0.39 is 28.7 Å². The molecule has 0 fully saturated rings. The lowest BCUT2D eigenvalue weighted by Crippen LogP contribution is -2.54. The third kappa shape index (κ3) is 5.61. The standard InChI is InChI=1S/C20H22N4O5/c1-12(2)17(21-19(26)16-10-5-4-7-13(16)3)20(27)23-22-18(25)14-8-6-9-15(11-14)24(28)29/h4-12,17H,1-3H3,(H,21,26)(H,22,25)(H,23,27)/t17-/m0/s1. The van der Waals surface area contributed by atoms with Crippen LogP contribution in [0.3, 0.4) is 0 Å². The zero-order valence-electron chi connectivity index (χ0n) is 16.3. The number of aryl methyl sites for hydroxylation is 1. The molecule has 0 bridgehead atoms. The first kappa shape index (κ1) is 21.5. The molecule has 3 N–H and O–H groups in total. The van der Waals surface area contributed by atoms with Gasteiger partial charge < -0.3 is 5.32 Å². The molecule has 0 saturated heterocycles. The summed E-state index contributed by atoms with van der Waals surface area (Å²) in [6, 6.07) is 11.2. The van der Waals surface area contributed by atoms with Crippen molar-refractivity contribution < 1.29 is 19.3 Å². The molecule has 0 aliphatic rings. The van der Waals surface area contributed by atoms with Crippen LogP contribution in [0, 0.1) is 23.0 Å². The topological polar surface area (TPSA) is 130 Å². The first-order valence-corrected chi connectivity index (χ1v) is 8.92. The highest BCUT2D eigenvalue weighted by molar-refractivity contribution is 6.00. The van der Waals surface area contributed by atoms with Crippen LogP contribution >= 0.6 is 0 Å². The number of amides is 3. The maximum absolute atomic E-state index is 12.5. The summed E-state index contributed by atoms with van der Waals surface area (Å²) in [6.07, 6.45) is 0. The zero-order chi connectivity index (χ0) is 21.6. The average Bonchev–Trinajstić information content (AvgIpc) is 2.69. The van der Waals surface area contributed by atoms with E-state index in [1.165, 1.54) is 18.2 Å². The number of hydrazine groups is 1. The summed E-state index contributed by atoms with van der Waals surface area (Å²) in [5.74, 6) is -1.98. The molecule has 2 rings (SSSR count). The van der Waals surface area contributed by atoms with Gasteiger partial charge in [0.05, 0.1) is 4.92 Å². The number of benzene rings is 2. The van der Waals surface area contributed by atoms with Gasteiger partial charge in [0.25, 0.3) is 23.4 Å². The van der Waals surface area contributed by atoms with Gasteiger partial charge in [-0.25, -0.2) is 0 Å². The second-order valence-corrected chi connectivity index (χ2v) is 6.76. The molecule has 2 aromatic rings. The minimum Gasteiger partial charge on any atom is -0.340 e. The van der Waals surface area contributed by atoms with Crippen molar-refractivity contribution in [2.45, 2.75) is 26.8 Å². The van der Waals surface area contributed by atoms with Crippen molar-refractivity contribution in [1.82, 2.24) is 16.2 Å². The van der Waals surface area contributed by atoms with E-state index in [4.69, 9.17) is 0 Å². The van der Waals surface area contributed by atoms with Crippen molar-refractivity contribution in [3.8, 4) is 0 Å². The fourth-order valence-corrected chi connectivity index (χ4v) is 2.61. The number of hydrogen-bond acceptors (Lipinski definition) is 5. The Morgan fingerprint density at radius 3 is 2.28 bits per heavy atom. The van der Waals surface area contributed by atoms with Crippen LogP contribution in [0.5, 0.6) is 0 Å². The lowest BCUT2D eigenvalue weighted by atomic mass is 10.0. The van der Waals surface area contributed by atoms with Crippen molar-refractivity contribution in [3.05, 3.63) is 75.3 Å². The van der Waals surface area contributed by atoms with Crippen LogP contribution in [0.25, 0.3) is 0 Å². The maximum Gasteiger partial charge on any atom is 0.270 e. The molecule has 0 spiro atoms. The van der Waals surface area contributed by atoms with Crippen LogP contribution in [0.4, 0.5) is 5.69 Å². The molecular formula is C20H22N4O5. The fraction of sp³-hybridized carbons (Fsp3) is 0.250. The Hall–Kier alpha value is -3.75. The SMILES string of the molecule is Cc1ccccc1C(=O)N[C@H](C(=O)NNC(=O)c1cccc([N+](=O)[O-])c1)C(C)C. The van der Waals surface area contributed by atoms with E-state index >= 15 is 0 Å². The number of nitro benzene ring substituents is 1. The number of rotatable bonds is 6. The minimum absolute atomic E-state index is 0.0181. The van der Waals surface area contributed by atoms with Gasteiger partial charge in [-0.3, -0.25) is 35.3 Å². The van der Waals surface area contributed by atoms with E-state index in [-0.39, 0.29) is 17.2 Å². The Bertz CT molecular complexity index is 942. The van der Waals surface area contributed by atoms with E-state index in [0.717, 1.165) is 11.6 Å². The Morgan fingerprint density at radius 2 is 1.66 bits per heavy atom. The number of carbonyl (C=O) groups excluding carboxylic acids is 3. The highest BCUT2D eigenvalue weighted by Crippen LogP contribution is 2.13. The first-order valence-electron chi connectivity index (χ1n) is 8.92. The Balaban J connectivity index is 2.03. The second-order valence-electron chi connectivity index (χ2n) is 6.76. The average molecular weight is 398 g/mol. The number of hydrogen-bond donors (Lipinski definition) is 3. The normalized spacial score (nSPS) is 11.4. The van der Waals surface area contributed by atoms with Gasteiger partial charge in [-0.05, 0) is 30.5 Å². The number of nitrogens with zero attached hydrogens (tertiary/aromatic N) is 1. The maximum atomic E-state index is 12.5. The van der Waals surface area contributed by atoms with E-state index in [1.807, 2.05) is 6.07 Å². The molecule has 0 heterocycles. The Morgan fingerprint density at radius 1 is 0.966 bits per heavy atom. The highest BCUT2D eigenvalue weighted by atomic mass is 16.6. The van der Waals surface area contributed by atoms with Crippen molar-refractivity contribution in [3.63, 3.8) is 0 Å². The molecule has 9 heteroatoms. The van der Waals surface area contributed by atoms with Gasteiger partial charge in [0, 0.05) is 23.3 Å². The number of carbonyl (C=O) groups is 3. The molecule has 0 radical (unpaired) electrons. The molecule has 1 atom stereocenters. The molecule has 3 amide bonds.